The predicted octanol–water partition coefficient (Wildman–Crippen LogP) is 3.33. The van der Waals surface area contributed by atoms with Crippen LogP contribution >= 0.6 is 0 Å². The highest BCUT2D eigenvalue weighted by molar-refractivity contribution is 5.94. The summed E-state index contributed by atoms with van der Waals surface area (Å²) in [5.74, 6) is -4.40. The largest absolute Gasteiger partial charge is 0.378 e. The molecule has 3 aromatic rings. The third-order valence-electron chi connectivity index (χ3n) is 6.62. The molecule has 4 atom stereocenters. The summed E-state index contributed by atoms with van der Waals surface area (Å²) in [6.07, 6.45) is 0.0761. The zero-order valence-corrected chi connectivity index (χ0v) is 21.5. The Morgan fingerprint density at radius 1 is 0.949 bits per heavy atom. The molecule has 0 saturated heterocycles. The monoisotopic (exact) mass is 533 g/mol. The topological polar surface area (TPSA) is 98.7 Å². The second-order valence-corrected chi connectivity index (χ2v) is 9.51. The summed E-state index contributed by atoms with van der Waals surface area (Å²) in [7, 11) is 1.66. The fraction of sp³-hybridized carbons (Fsp3) is 0.233. The maximum Gasteiger partial charge on any atom is 0.254 e. The summed E-state index contributed by atoms with van der Waals surface area (Å²) in [6.45, 7) is 1.72. The molecule has 0 aromatic heterocycles. The zero-order valence-electron chi connectivity index (χ0n) is 21.5. The number of aliphatic hydroxyl groups excluding tert-OH is 1. The van der Waals surface area contributed by atoms with E-state index >= 15 is 0 Å². The maximum atomic E-state index is 13.5. The number of hydrogen-bond acceptors (Lipinski definition) is 4. The lowest BCUT2D eigenvalue weighted by atomic mass is 9.88. The molecule has 39 heavy (non-hydrogen) atoms. The first-order valence-corrected chi connectivity index (χ1v) is 12.4. The standard InChI is InChI=1S/C30H29F2N3O4/c1-18(33-29(38)27(36)21-13-23(31)16-24(32)14-21)28(37)34-26-25(20-11-7-4-8-12-20)15-22(17-35(2)30(26)39)19-9-5-3-6-10-19/h3-16,18,25-27,36H,17H2,1-2H3,(H,33,38)(H,34,37)/t18-,25+,26-,27+/m0/s1. The average molecular weight is 534 g/mol. The SMILES string of the molecule is C[C@H](NC(=O)[C@H](O)c1cc(F)cc(F)c1)C(=O)N[C@@H]1C(=O)N(C)CC(c2ccccc2)=C[C@@H]1c1ccccc1. The molecule has 9 heteroatoms. The zero-order chi connectivity index (χ0) is 28.1. The van der Waals surface area contributed by atoms with Crippen molar-refractivity contribution in [2.75, 3.05) is 13.6 Å². The van der Waals surface area contributed by atoms with Gasteiger partial charge >= 0.3 is 0 Å². The van der Waals surface area contributed by atoms with Gasteiger partial charge in [-0.15, -0.1) is 0 Å². The molecule has 0 bridgehead atoms. The van der Waals surface area contributed by atoms with Crippen molar-refractivity contribution in [2.45, 2.75) is 31.0 Å². The van der Waals surface area contributed by atoms with Gasteiger partial charge in [-0.1, -0.05) is 66.7 Å². The van der Waals surface area contributed by atoms with Crippen molar-refractivity contribution >= 4 is 23.3 Å². The van der Waals surface area contributed by atoms with Crippen LogP contribution in [0.1, 0.15) is 35.6 Å². The highest BCUT2D eigenvalue weighted by atomic mass is 19.1. The summed E-state index contributed by atoms with van der Waals surface area (Å²) in [5, 5.41) is 15.4. The highest BCUT2D eigenvalue weighted by Gasteiger charge is 2.36. The van der Waals surface area contributed by atoms with Crippen LogP contribution in [0, 0.1) is 11.6 Å². The van der Waals surface area contributed by atoms with Crippen LogP contribution in [0.3, 0.4) is 0 Å². The van der Waals surface area contributed by atoms with Crippen molar-refractivity contribution in [3.05, 3.63) is 113 Å². The summed E-state index contributed by atoms with van der Waals surface area (Å²) < 4.78 is 27.1. The molecule has 202 valence electrons. The van der Waals surface area contributed by atoms with Crippen LogP contribution in [0.4, 0.5) is 8.78 Å². The molecule has 0 aliphatic carbocycles. The number of likely N-dealkylation sites (N-methyl/N-ethyl adjacent to an activating group) is 1. The first-order valence-electron chi connectivity index (χ1n) is 12.4. The van der Waals surface area contributed by atoms with Crippen molar-refractivity contribution in [1.82, 2.24) is 15.5 Å². The van der Waals surface area contributed by atoms with E-state index in [9.17, 15) is 28.3 Å². The van der Waals surface area contributed by atoms with Crippen molar-refractivity contribution in [2.24, 2.45) is 0 Å². The van der Waals surface area contributed by atoms with Gasteiger partial charge in [0, 0.05) is 25.6 Å². The summed E-state index contributed by atoms with van der Waals surface area (Å²) in [5.41, 5.74) is 2.40. The van der Waals surface area contributed by atoms with Crippen molar-refractivity contribution in [1.29, 1.82) is 0 Å². The van der Waals surface area contributed by atoms with Gasteiger partial charge < -0.3 is 20.6 Å². The minimum Gasteiger partial charge on any atom is -0.378 e. The molecule has 0 unspecified atom stereocenters. The molecular weight excluding hydrogens is 504 g/mol. The van der Waals surface area contributed by atoms with Gasteiger partial charge in [-0.25, -0.2) is 8.78 Å². The molecule has 0 spiro atoms. The van der Waals surface area contributed by atoms with Gasteiger partial charge in [0.05, 0.1) is 0 Å². The molecular formula is C30H29F2N3O4. The van der Waals surface area contributed by atoms with Crippen LogP contribution in [0.15, 0.2) is 84.9 Å². The van der Waals surface area contributed by atoms with E-state index < -0.39 is 47.6 Å². The van der Waals surface area contributed by atoms with Gasteiger partial charge in [-0.2, -0.15) is 0 Å². The third kappa shape index (κ3) is 6.56. The number of rotatable bonds is 7. The minimum atomic E-state index is -1.90. The van der Waals surface area contributed by atoms with Crippen LogP contribution < -0.4 is 10.6 Å². The van der Waals surface area contributed by atoms with Crippen molar-refractivity contribution < 1.29 is 28.3 Å². The number of halogens is 2. The van der Waals surface area contributed by atoms with Gasteiger partial charge in [-0.3, -0.25) is 14.4 Å². The van der Waals surface area contributed by atoms with E-state index in [1.165, 1.54) is 11.8 Å². The van der Waals surface area contributed by atoms with E-state index in [0.29, 0.717) is 12.6 Å². The Labute approximate surface area is 225 Å². The number of benzene rings is 3. The number of nitrogens with zero attached hydrogens (tertiary/aromatic N) is 1. The Hall–Kier alpha value is -4.37. The quantitative estimate of drug-likeness (QED) is 0.434. The van der Waals surface area contributed by atoms with E-state index in [4.69, 9.17) is 0 Å². The summed E-state index contributed by atoms with van der Waals surface area (Å²) in [6, 6.07) is 19.1. The van der Waals surface area contributed by atoms with Crippen LogP contribution in [-0.4, -0.2) is 53.4 Å². The molecule has 1 aliphatic heterocycles. The summed E-state index contributed by atoms with van der Waals surface area (Å²) >= 11 is 0. The minimum absolute atomic E-state index is 0.291. The molecule has 3 N–H and O–H groups in total. The molecule has 0 radical (unpaired) electrons. The first-order chi connectivity index (χ1) is 18.6. The fourth-order valence-electron chi connectivity index (χ4n) is 4.57. The Balaban J connectivity index is 1.57. The van der Waals surface area contributed by atoms with Crippen molar-refractivity contribution in [3.63, 3.8) is 0 Å². The van der Waals surface area contributed by atoms with Gasteiger partial charge in [0.25, 0.3) is 5.91 Å². The highest BCUT2D eigenvalue weighted by Crippen LogP contribution is 2.31. The molecule has 3 amide bonds. The lowest BCUT2D eigenvalue weighted by Gasteiger charge is -2.28. The van der Waals surface area contributed by atoms with Gasteiger partial charge in [0.15, 0.2) is 6.10 Å². The fourth-order valence-corrected chi connectivity index (χ4v) is 4.57. The number of hydrogen-bond donors (Lipinski definition) is 3. The van der Waals surface area contributed by atoms with E-state index in [1.54, 1.807) is 7.05 Å². The van der Waals surface area contributed by atoms with E-state index in [1.807, 2.05) is 66.7 Å². The van der Waals surface area contributed by atoms with Crippen molar-refractivity contribution in [3.8, 4) is 0 Å². The van der Waals surface area contributed by atoms with E-state index in [2.05, 4.69) is 10.6 Å². The Morgan fingerprint density at radius 2 is 1.54 bits per heavy atom. The number of carbonyl (C=O) groups excluding carboxylic acids is 3. The first kappa shape index (κ1) is 27.7. The predicted molar refractivity (Wildman–Crippen MR) is 142 cm³/mol. The number of aliphatic hydroxyl groups is 1. The Morgan fingerprint density at radius 3 is 2.15 bits per heavy atom. The molecule has 0 fully saturated rings. The average Bonchev–Trinajstić information content (AvgIpc) is 3.05. The lowest BCUT2D eigenvalue weighted by Crippen LogP contribution is -2.54. The molecule has 4 rings (SSSR count). The molecule has 7 nitrogen and oxygen atoms in total. The van der Waals surface area contributed by atoms with Gasteiger partial charge in [0.1, 0.15) is 23.7 Å². The van der Waals surface area contributed by atoms with Crippen LogP contribution in [0.25, 0.3) is 5.57 Å². The van der Waals surface area contributed by atoms with Crippen LogP contribution in [-0.2, 0) is 14.4 Å². The second-order valence-electron chi connectivity index (χ2n) is 9.51. The molecule has 3 aromatic carbocycles. The number of nitrogens with one attached hydrogen (secondary N) is 2. The number of amides is 3. The van der Waals surface area contributed by atoms with Gasteiger partial charge in [-0.05, 0) is 41.3 Å². The molecule has 0 saturated carbocycles. The normalized spacial score (nSPS) is 18.9. The Bertz CT molecular complexity index is 1360. The van der Waals surface area contributed by atoms with Crippen LogP contribution in [0.5, 0.6) is 0 Å². The van der Waals surface area contributed by atoms with E-state index in [0.717, 1.165) is 28.8 Å². The van der Waals surface area contributed by atoms with Crippen LogP contribution in [0.2, 0.25) is 0 Å². The smallest absolute Gasteiger partial charge is 0.254 e. The molecule has 1 heterocycles. The number of carbonyl (C=O) groups is 3. The second kappa shape index (κ2) is 12.0. The molecule has 1 aliphatic rings. The maximum absolute atomic E-state index is 13.5. The Kier molecular flexibility index (Phi) is 8.51. The van der Waals surface area contributed by atoms with Gasteiger partial charge in [0.2, 0.25) is 11.8 Å². The lowest BCUT2D eigenvalue weighted by molar-refractivity contribution is -0.137. The van der Waals surface area contributed by atoms with E-state index in [-0.39, 0.29) is 11.5 Å². The summed E-state index contributed by atoms with van der Waals surface area (Å²) in [4.78, 5) is 40.8. The third-order valence-corrected chi connectivity index (χ3v) is 6.62.